The van der Waals surface area contributed by atoms with Gasteiger partial charge in [-0.3, -0.25) is 0 Å². The van der Waals surface area contributed by atoms with Crippen molar-refractivity contribution in [3.8, 4) is 0 Å². The third-order valence-corrected chi connectivity index (χ3v) is 7.56. The van der Waals surface area contributed by atoms with Gasteiger partial charge >= 0.3 is 5.97 Å². The van der Waals surface area contributed by atoms with Crippen LogP contribution in [-0.4, -0.2) is 29.1 Å². The van der Waals surface area contributed by atoms with Crippen molar-refractivity contribution >= 4 is 5.97 Å². The second-order valence-corrected chi connectivity index (χ2v) is 9.89. The molecule has 0 spiro atoms. The zero-order valence-corrected chi connectivity index (χ0v) is 18.3. The molecule has 4 heteroatoms. The Bertz CT molecular complexity index is 768. The number of carbonyl (C=O) groups excluding carboxylic acids is 1. The quantitative estimate of drug-likeness (QED) is 0.375. The summed E-state index contributed by atoms with van der Waals surface area (Å²) in [5.74, 6) is 0.207. The van der Waals surface area contributed by atoms with Crippen molar-refractivity contribution in [2.24, 2.45) is 16.7 Å². The molecule has 4 nitrogen and oxygen atoms in total. The molecular formula is C25H36O4. The Morgan fingerprint density at radius 2 is 2.07 bits per heavy atom. The van der Waals surface area contributed by atoms with Crippen LogP contribution in [0, 0.1) is 16.7 Å². The second-order valence-electron chi connectivity index (χ2n) is 9.89. The first-order valence-electron chi connectivity index (χ1n) is 10.9. The zero-order chi connectivity index (χ0) is 21.2. The number of carbonyl (C=O) groups is 1. The molecule has 0 aromatic heterocycles. The fourth-order valence-electron chi connectivity index (χ4n) is 6.04. The molecule has 1 unspecified atom stereocenters. The highest BCUT2D eigenvalue weighted by atomic mass is 16.6. The number of aliphatic hydroxyl groups is 2. The maximum atomic E-state index is 11.2. The third-order valence-electron chi connectivity index (χ3n) is 7.56. The minimum Gasteiger partial charge on any atom is -0.428 e. The van der Waals surface area contributed by atoms with Crippen LogP contribution in [0.2, 0.25) is 0 Å². The lowest BCUT2D eigenvalue weighted by Gasteiger charge is -2.55. The summed E-state index contributed by atoms with van der Waals surface area (Å²) in [7, 11) is 0. The molecular weight excluding hydrogens is 364 g/mol. The molecule has 0 bridgehead atoms. The molecule has 160 valence electrons. The number of rotatable bonds is 6. The lowest BCUT2D eigenvalue weighted by atomic mass is 9.50. The van der Waals surface area contributed by atoms with E-state index in [1.807, 2.05) is 6.08 Å². The molecule has 2 N–H and O–H groups in total. The van der Waals surface area contributed by atoms with Crippen LogP contribution in [0.1, 0.15) is 72.6 Å². The highest BCUT2D eigenvalue weighted by Gasteiger charge is 2.49. The number of aliphatic hydroxyl groups excluding tert-OH is 2. The third kappa shape index (κ3) is 4.59. The van der Waals surface area contributed by atoms with E-state index in [1.54, 1.807) is 23.3 Å². The number of ether oxygens (including phenoxy) is 1. The monoisotopic (exact) mass is 400 g/mol. The normalized spacial score (nSPS) is 32.4. The van der Waals surface area contributed by atoms with Crippen molar-refractivity contribution in [3.05, 3.63) is 46.6 Å². The molecule has 0 radical (unpaired) electrons. The minimum absolute atomic E-state index is 0.0132. The van der Waals surface area contributed by atoms with Crippen LogP contribution in [0.15, 0.2) is 46.6 Å². The summed E-state index contributed by atoms with van der Waals surface area (Å²) in [5.41, 5.74) is 5.22. The van der Waals surface area contributed by atoms with Crippen LogP contribution in [0.4, 0.5) is 0 Å². The Labute approximate surface area is 175 Å². The molecule has 0 amide bonds. The minimum atomic E-state index is -1.19. The molecule has 0 aromatic carbocycles. The lowest BCUT2D eigenvalue weighted by Crippen LogP contribution is -2.45. The summed E-state index contributed by atoms with van der Waals surface area (Å²) in [5, 5.41) is 19.5. The Morgan fingerprint density at radius 3 is 2.72 bits per heavy atom. The fourth-order valence-corrected chi connectivity index (χ4v) is 6.04. The molecule has 0 aromatic rings. The molecule has 1 aliphatic heterocycles. The van der Waals surface area contributed by atoms with Crippen LogP contribution < -0.4 is 0 Å². The van der Waals surface area contributed by atoms with Crippen molar-refractivity contribution in [1.29, 1.82) is 0 Å². The van der Waals surface area contributed by atoms with E-state index < -0.39 is 12.3 Å². The predicted octanol–water partition coefficient (Wildman–Crippen LogP) is 4.99. The van der Waals surface area contributed by atoms with E-state index in [9.17, 15) is 15.0 Å². The summed E-state index contributed by atoms with van der Waals surface area (Å²) < 4.78 is 4.67. The predicted molar refractivity (Wildman–Crippen MR) is 115 cm³/mol. The van der Waals surface area contributed by atoms with E-state index in [1.165, 1.54) is 38.2 Å². The number of allylic oxidation sites excluding steroid dienone is 4. The van der Waals surface area contributed by atoms with E-state index >= 15 is 0 Å². The Balaban J connectivity index is 1.71. The smallest absolute Gasteiger partial charge is 0.333 e. The lowest BCUT2D eigenvalue weighted by molar-refractivity contribution is -0.150. The van der Waals surface area contributed by atoms with Crippen LogP contribution in [0.5, 0.6) is 0 Å². The number of fused-ring (bicyclic) bond motifs is 1. The van der Waals surface area contributed by atoms with Gasteiger partial charge in [-0.2, -0.15) is 0 Å². The van der Waals surface area contributed by atoms with Gasteiger partial charge in [0.25, 0.3) is 0 Å². The standard InChI is InChI=1S/C25H36O4/c1-17-9-12-21-24(2,3)13-6-14-25(21,4)20(17)11-10-18(16-26)7-5-8-19-15-22(27)29-23(19)28/h5,7-8,15,21,23,26,28H,6,9-14,16H2,1-4H3/b8-5+,18-7+/t21-,23?,25+/m0/s1. The number of hydrogen-bond acceptors (Lipinski definition) is 4. The summed E-state index contributed by atoms with van der Waals surface area (Å²) >= 11 is 0. The van der Waals surface area contributed by atoms with Crippen molar-refractivity contribution in [1.82, 2.24) is 0 Å². The Hall–Kier alpha value is -1.65. The summed E-state index contributed by atoms with van der Waals surface area (Å²) in [6, 6.07) is 0. The average molecular weight is 401 g/mol. The summed E-state index contributed by atoms with van der Waals surface area (Å²) in [4.78, 5) is 11.2. The summed E-state index contributed by atoms with van der Waals surface area (Å²) in [6.45, 7) is 9.67. The van der Waals surface area contributed by atoms with Crippen molar-refractivity contribution in [3.63, 3.8) is 0 Å². The van der Waals surface area contributed by atoms with E-state index in [2.05, 4.69) is 32.4 Å². The first-order chi connectivity index (χ1) is 13.7. The molecule has 29 heavy (non-hydrogen) atoms. The molecule has 1 fully saturated rings. The number of hydrogen-bond donors (Lipinski definition) is 2. The highest BCUT2D eigenvalue weighted by Crippen LogP contribution is 2.60. The number of cyclic esters (lactones) is 1. The number of esters is 1. The van der Waals surface area contributed by atoms with E-state index in [0.717, 1.165) is 24.3 Å². The van der Waals surface area contributed by atoms with Crippen molar-refractivity contribution in [2.75, 3.05) is 6.61 Å². The molecule has 3 aliphatic rings. The van der Waals surface area contributed by atoms with Gasteiger partial charge in [0.1, 0.15) is 0 Å². The molecule has 1 saturated carbocycles. The van der Waals surface area contributed by atoms with Gasteiger partial charge < -0.3 is 14.9 Å². The van der Waals surface area contributed by atoms with Crippen molar-refractivity contribution < 1.29 is 19.7 Å². The topological polar surface area (TPSA) is 66.8 Å². The van der Waals surface area contributed by atoms with Gasteiger partial charge in [0.15, 0.2) is 0 Å². The van der Waals surface area contributed by atoms with Gasteiger partial charge in [-0.25, -0.2) is 4.79 Å². The van der Waals surface area contributed by atoms with Gasteiger partial charge in [-0.05, 0) is 67.8 Å². The molecule has 3 atom stereocenters. The van der Waals surface area contributed by atoms with Crippen LogP contribution in [0.25, 0.3) is 0 Å². The van der Waals surface area contributed by atoms with Gasteiger partial charge in [0.2, 0.25) is 6.29 Å². The highest BCUT2D eigenvalue weighted by molar-refractivity contribution is 5.86. The van der Waals surface area contributed by atoms with Gasteiger partial charge in [-0.15, -0.1) is 0 Å². The van der Waals surface area contributed by atoms with Crippen LogP contribution in [0.3, 0.4) is 0 Å². The first kappa shape index (κ1) is 22.0. The molecule has 3 rings (SSSR count). The van der Waals surface area contributed by atoms with Gasteiger partial charge in [-0.1, -0.05) is 56.6 Å². The molecule has 2 aliphatic carbocycles. The van der Waals surface area contributed by atoms with E-state index in [-0.39, 0.29) is 12.0 Å². The van der Waals surface area contributed by atoms with Crippen molar-refractivity contribution in [2.45, 2.75) is 78.9 Å². The fraction of sp³-hybridized carbons (Fsp3) is 0.640. The molecule has 0 saturated heterocycles. The average Bonchev–Trinajstić information content (AvgIpc) is 2.96. The maximum absolute atomic E-state index is 11.2. The largest absolute Gasteiger partial charge is 0.428 e. The molecule has 1 heterocycles. The first-order valence-corrected chi connectivity index (χ1v) is 10.9. The van der Waals surface area contributed by atoms with Crippen LogP contribution in [-0.2, 0) is 9.53 Å². The van der Waals surface area contributed by atoms with Crippen LogP contribution >= 0.6 is 0 Å². The SMILES string of the molecule is CC1=C(CC/C(=C\C=C\C2=CC(=O)OC2O)CO)[C@@]2(C)CCCC(C)(C)[C@@H]2CC1. The Kier molecular flexibility index (Phi) is 6.54. The van der Waals surface area contributed by atoms with E-state index in [0.29, 0.717) is 11.0 Å². The maximum Gasteiger partial charge on any atom is 0.333 e. The second kappa shape index (κ2) is 8.61. The van der Waals surface area contributed by atoms with Gasteiger partial charge in [0.05, 0.1) is 6.61 Å². The summed E-state index contributed by atoms with van der Waals surface area (Å²) in [6.07, 6.45) is 13.6. The zero-order valence-electron chi connectivity index (χ0n) is 18.3. The van der Waals surface area contributed by atoms with E-state index in [4.69, 9.17) is 0 Å². The van der Waals surface area contributed by atoms with Gasteiger partial charge in [0, 0.05) is 11.6 Å². The Morgan fingerprint density at radius 1 is 1.31 bits per heavy atom.